The summed E-state index contributed by atoms with van der Waals surface area (Å²) in [5.74, 6) is 0.153. The molecular weight excluding hydrogens is 312 g/mol. The summed E-state index contributed by atoms with van der Waals surface area (Å²) in [6.07, 6.45) is 0.0881. The van der Waals surface area contributed by atoms with Crippen LogP contribution in [0.4, 0.5) is 4.79 Å². The molecule has 0 saturated carbocycles. The van der Waals surface area contributed by atoms with Gasteiger partial charge in [0.15, 0.2) is 0 Å². The molecule has 1 fully saturated rings. The number of benzene rings is 1. The normalized spacial score (nSPS) is 18.2. The molecule has 1 aliphatic heterocycles. The van der Waals surface area contributed by atoms with Gasteiger partial charge in [0.05, 0.1) is 0 Å². The number of nitrogens with zero attached hydrogens (tertiary/aromatic N) is 1. The number of carbonyl (C=O) groups excluding carboxylic acids is 2. The fourth-order valence-electron chi connectivity index (χ4n) is 2.38. The average Bonchev–Trinajstić information content (AvgIpc) is 2.74. The van der Waals surface area contributed by atoms with Gasteiger partial charge in [-0.3, -0.25) is 4.79 Å². The minimum absolute atomic E-state index is 0.139. The number of carbonyl (C=O) groups is 2. The van der Waals surface area contributed by atoms with Crippen molar-refractivity contribution in [3.05, 3.63) is 35.4 Å². The number of alkyl carbamates (subject to hydrolysis) is 1. The van der Waals surface area contributed by atoms with Gasteiger partial charge in [-0.05, 0) is 31.9 Å². The topological polar surface area (TPSA) is 58.6 Å². The van der Waals surface area contributed by atoms with Crippen molar-refractivity contribution < 1.29 is 14.3 Å². The van der Waals surface area contributed by atoms with Crippen LogP contribution in [0.5, 0.6) is 0 Å². The molecule has 0 aliphatic carbocycles. The second-order valence-electron chi connectivity index (χ2n) is 6.80. The van der Waals surface area contributed by atoms with E-state index in [1.807, 2.05) is 49.9 Å². The Morgan fingerprint density at radius 2 is 1.91 bits per heavy atom. The van der Waals surface area contributed by atoms with Crippen molar-refractivity contribution in [1.82, 2.24) is 10.2 Å². The molecule has 5 nitrogen and oxygen atoms in total. The number of amides is 2. The Bertz CT molecular complexity index is 566. The van der Waals surface area contributed by atoms with Gasteiger partial charge >= 0.3 is 6.09 Å². The smallest absolute Gasteiger partial charge is 0.407 e. The lowest BCUT2D eigenvalue weighted by molar-refractivity contribution is -0.128. The molecule has 1 N–H and O–H groups in total. The van der Waals surface area contributed by atoms with Crippen LogP contribution in [0.2, 0.25) is 0 Å². The molecule has 0 spiro atoms. The predicted octanol–water partition coefficient (Wildman–Crippen LogP) is 2.74. The van der Waals surface area contributed by atoms with E-state index in [4.69, 9.17) is 4.74 Å². The van der Waals surface area contributed by atoms with Crippen LogP contribution in [0.25, 0.3) is 0 Å². The number of likely N-dealkylation sites (tertiary alicyclic amines) is 1. The molecule has 6 heteroatoms. The molecule has 1 unspecified atom stereocenters. The fourth-order valence-corrected chi connectivity index (χ4v) is 2.73. The predicted molar refractivity (Wildman–Crippen MR) is 92.3 cm³/mol. The average molecular weight is 336 g/mol. The van der Waals surface area contributed by atoms with Crippen LogP contribution in [0.3, 0.4) is 0 Å². The largest absolute Gasteiger partial charge is 0.444 e. The Balaban J connectivity index is 1.83. The van der Waals surface area contributed by atoms with Crippen molar-refractivity contribution in [1.29, 1.82) is 0 Å². The number of nitrogens with one attached hydrogen (secondary N) is 1. The van der Waals surface area contributed by atoms with E-state index in [2.05, 4.69) is 17.9 Å². The SMILES string of the molecule is CC(C)(C)OC(=O)NCc1ccc(CN2CC(S)CC2=O)cc1. The van der Waals surface area contributed by atoms with E-state index in [0.29, 0.717) is 26.1 Å². The van der Waals surface area contributed by atoms with Crippen LogP contribution in [-0.2, 0) is 22.6 Å². The van der Waals surface area contributed by atoms with E-state index < -0.39 is 11.7 Å². The lowest BCUT2D eigenvalue weighted by Crippen LogP contribution is -2.32. The molecule has 2 amide bonds. The first-order chi connectivity index (χ1) is 10.7. The van der Waals surface area contributed by atoms with Crippen molar-refractivity contribution in [3.63, 3.8) is 0 Å². The lowest BCUT2D eigenvalue weighted by Gasteiger charge is -2.19. The van der Waals surface area contributed by atoms with Crippen molar-refractivity contribution in [3.8, 4) is 0 Å². The first-order valence-corrected chi connectivity index (χ1v) is 8.25. The molecule has 0 radical (unpaired) electrons. The molecule has 2 rings (SSSR count). The summed E-state index contributed by atoms with van der Waals surface area (Å²) in [6, 6.07) is 7.85. The van der Waals surface area contributed by atoms with Gasteiger partial charge in [0, 0.05) is 31.3 Å². The number of thiol groups is 1. The number of ether oxygens (including phenoxy) is 1. The monoisotopic (exact) mass is 336 g/mol. The number of hydrogen-bond acceptors (Lipinski definition) is 4. The maximum atomic E-state index is 11.8. The Morgan fingerprint density at radius 3 is 2.43 bits per heavy atom. The summed E-state index contributed by atoms with van der Waals surface area (Å²) >= 11 is 4.36. The molecular formula is C17H24N2O3S. The van der Waals surface area contributed by atoms with E-state index in [1.54, 1.807) is 0 Å². The third-order valence-electron chi connectivity index (χ3n) is 3.43. The van der Waals surface area contributed by atoms with Crippen LogP contribution in [0, 0.1) is 0 Å². The minimum atomic E-state index is -0.499. The summed E-state index contributed by atoms with van der Waals surface area (Å²) < 4.78 is 5.19. The van der Waals surface area contributed by atoms with E-state index >= 15 is 0 Å². The highest BCUT2D eigenvalue weighted by Crippen LogP contribution is 2.18. The highest BCUT2D eigenvalue weighted by atomic mass is 32.1. The fraction of sp³-hybridized carbons (Fsp3) is 0.529. The molecule has 1 aromatic rings. The third kappa shape index (κ3) is 5.78. The van der Waals surface area contributed by atoms with Gasteiger partial charge in [-0.2, -0.15) is 12.6 Å². The Kier molecular flexibility index (Phi) is 5.57. The lowest BCUT2D eigenvalue weighted by atomic mass is 10.1. The zero-order valence-electron chi connectivity index (χ0n) is 13.8. The summed E-state index contributed by atoms with van der Waals surface area (Å²) in [6.45, 7) is 7.21. The molecule has 0 bridgehead atoms. The third-order valence-corrected chi connectivity index (χ3v) is 3.77. The second-order valence-corrected chi connectivity index (χ2v) is 7.53. The summed E-state index contributed by atoms with van der Waals surface area (Å²) in [7, 11) is 0. The van der Waals surface area contributed by atoms with Gasteiger partial charge < -0.3 is 15.0 Å². The van der Waals surface area contributed by atoms with Gasteiger partial charge in [-0.1, -0.05) is 24.3 Å². The summed E-state index contributed by atoms with van der Waals surface area (Å²) in [4.78, 5) is 25.2. The highest BCUT2D eigenvalue weighted by Gasteiger charge is 2.26. The maximum absolute atomic E-state index is 11.8. The van der Waals surface area contributed by atoms with Crippen molar-refractivity contribution in [2.75, 3.05) is 6.54 Å². The van der Waals surface area contributed by atoms with Crippen LogP contribution in [0.15, 0.2) is 24.3 Å². The molecule has 1 aliphatic rings. The summed E-state index contributed by atoms with van der Waals surface area (Å²) in [5, 5.41) is 2.86. The first-order valence-electron chi connectivity index (χ1n) is 7.73. The molecule has 126 valence electrons. The molecule has 1 saturated heterocycles. The molecule has 0 aromatic heterocycles. The van der Waals surface area contributed by atoms with Gasteiger partial charge in [0.25, 0.3) is 0 Å². The Labute approximate surface area is 142 Å². The van der Waals surface area contributed by atoms with Gasteiger partial charge in [0.2, 0.25) is 5.91 Å². The van der Waals surface area contributed by atoms with E-state index in [-0.39, 0.29) is 11.2 Å². The standard InChI is InChI=1S/C17H24N2O3S/c1-17(2,3)22-16(21)18-9-12-4-6-13(7-5-12)10-19-11-14(23)8-15(19)20/h4-7,14,23H,8-11H2,1-3H3,(H,18,21). The van der Waals surface area contributed by atoms with Gasteiger partial charge in [0.1, 0.15) is 5.60 Å². The molecule has 1 aromatic carbocycles. The van der Waals surface area contributed by atoms with E-state index in [0.717, 1.165) is 11.1 Å². The Hall–Kier alpha value is -1.69. The number of rotatable bonds is 4. The minimum Gasteiger partial charge on any atom is -0.444 e. The number of hydrogen-bond donors (Lipinski definition) is 2. The van der Waals surface area contributed by atoms with Crippen LogP contribution in [0.1, 0.15) is 38.3 Å². The molecule has 1 atom stereocenters. The maximum Gasteiger partial charge on any atom is 0.407 e. The van der Waals surface area contributed by atoms with Gasteiger partial charge in [-0.15, -0.1) is 0 Å². The van der Waals surface area contributed by atoms with Gasteiger partial charge in [-0.25, -0.2) is 4.79 Å². The first kappa shape index (κ1) is 17.7. The molecule has 1 heterocycles. The zero-order valence-corrected chi connectivity index (χ0v) is 14.7. The van der Waals surface area contributed by atoms with Crippen LogP contribution >= 0.6 is 12.6 Å². The van der Waals surface area contributed by atoms with Crippen LogP contribution < -0.4 is 5.32 Å². The summed E-state index contributed by atoms with van der Waals surface area (Å²) in [5.41, 5.74) is 1.56. The van der Waals surface area contributed by atoms with E-state index in [1.165, 1.54) is 0 Å². The van der Waals surface area contributed by atoms with Crippen molar-refractivity contribution in [2.45, 2.75) is 51.1 Å². The second kappa shape index (κ2) is 7.25. The van der Waals surface area contributed by atoms with Crippen molar-refractivity contribution >= 4 is 24.6 Å². The van der Waals surface area contributed by atoms with Crippen LogP contribution in [-0.4, -0.2) is 34.3 Å². The zero-order chi connectivity index (χ0) is 17.0. The quantitative estimate of drug-likeness (QED) is 0.831. The van der Waals surface area contributed by atoms with Crippen molar-refractivity contribution in [2.24, 2.45) is 0 Å². The highest BCUT2D eigenvalue weighted by molar-refractivity contribution is 7.81. The Morgan fingerprint density at radius 1 is 1.30 bits per heavy atom. The van der Waals surface area contributed by atoms with E-state index in [9.17, 15) is 9.59 Å². The molecule has 23 heavy (non-hydrogen) atoms.